The Morgan fingerprint density at radius 3 is 2.74 bits per heavy atom. The van der Waals surface area contributed by atoms with Crippen molar-refractivity contribution in [1.82, 2.24) is 10.2 Å². The highest BCUT2D eigenvalue weighted by Crippen LogP contribution is 2.22. The molecule has 0 spiro atoms. The third kappa shape index (κ3) is 4.52. The molecule has 2 rings (SSSR count). The molecule has 0 amide bonds. The van der Waals surface area contributed by atoms with Gasteiger partial charge in [0.05, 0.1) is 0 Å². The minimum absolute atomic E-state index is 0.256. The van der Waals surface area contributed by atoms with E-state index in [4.69, 9.17) is 0 Å². The summed E-state index contributed by atoms with van der Waals surface area (Å²) in [4.78, 5) is 2.19. The molecule has 0 aromatic rings. The van der Waals surface area contributed by atoms with Gasteiger partial charge in [-0.1, -0.05) is 6.92 Å². The zero-order valence-corrected chi connectivity index (χ0v) is 14.0. The Hall–Kier alpha value is 0.570. The second kappa shape index (κ2) is 7.54. The molecule has 2 fully saturated rings. The molecule has 1 N–H and O–H groups in total. The van der Waals surface area contributed by atoms with Crippen molar-refractivity contribution < 1.29 is 8.42 Å². The molecule has 7 heteroatoms. The molecule has 2 aliphatic heterocycles. The Balaban J connectivity index is 1.88. The molecular weight excluding hydrogens is 300 g/mol. The first-order valence-electron chi connectivity index (χ1n) is 6.98. The van der Waals surface area contributed by atoms with Crippen molar-refractivity contribution in [3.8, 4) is 0 Å². The molecule has 0 aromatic heterocycles. The lowest BCUT2D eigenvalue weighted by Crippen LogP contribution is -2.49. The van der Waals surface area contributed by atoms with Crippen molar-refractivity contribution in [3.05, 3.63) is 0 Å². The molecule has 19 heavy (non-hydrogen) atoms. The van der Waals surface area contributed by atoms with Gasteiger partial charge in [0.2, 0.25) is 0 Å². The summed E-state index contributed by atoms with van der Waals surface area (Å²) in [6.07, 6.45) is 1.06. The van der Waals surface area contributed by atoms with E-state index in [1.165, 1.54) is 5.75 Å². The van der Waals surface area contributed by atoms with Crippen LogP contribution in [0.4, 0.5) is 0 Å². The van der Waals surface area contributed by atoms with Gasteiger partial charge in [-0.05, 0) is 6.42 Å². The number of nitrogens with one attached hydrogen (secondary N) is 1. The Morgan fingerprint density at radius 2 is 2.05 bits per heavy atom. The van der Waals surface area contributed by atoms with Crippen LogP contribution in [-0.2, 0) is 9.84 Å². The Morgan fingerprint density at radius 1 is 1.26 bits per heavy atom. The number of rotatable bonds is 5. The first-order valence-corrected chi connectivity index (χ1v) is 11.0. The molecule has 0 bridgehead atoms. The van der Waals surface area contributed by atoms with Crippen molar-refractivity contribution in [2.45, 2.75) is 24.8 Å². The SMILES string of the molecule is CCS(=O)(=O)C1CSCCN1CCC1CSCCN1. The van der Waals surface area contributed by atoms with Crippen LogP contribution < -0.4 is 5.32 Å². The van der Waals surface area contributed by atoms with Gasteiger partial charge in [0, 0.05) is 54.4 Å². The number of sulfone groups is 1. The van der Waals surface area contributed by atoms with Crippen LogP contribution in [0.1, 0.15) is 13.3 Å². The quantitative estimate of drug-likeness (QED) is 0.811. The molecule has 112 valence electrons. The van der Waals surface area contributed by atoms with Crippen molar-refractivity contribution in [2.75, 3.05) is 48.4 Å². The van der Waals surface area contributed by atoms with Crippen LogP contribution in [0.5, 0.6) is 0 Å². The summed E-state index contributed by atoms with van der Waals surface area (Å²) in [5.74, 6) is 4.41. The normalized spacial score (nSPS) is 30.4. The van der Waals surface area contributed by atoms with Gasteiger partial charge >= 0.3 is 0 Å². The minimum Gasteiger partial charge on any atom is -0.312 e. The molecule has 4 nitrogen and oxygen atoms in total. The molecule has 0 saturated carbocycles. The van der Waals surface area contributed by atoms with Crippen molar-refractivity contribution in [1.29, 1.82) is 0 Å². The zero-order chi connectivity index (χ0) is 13.7. The highest BCUT2D eigenvalue weighted by atomic mass is 32.2. The maximum Gasteiger partial charge on any atom is 0.166 e. The Kier molecular flexibility index (Phi) is 6.33. The van der Waals surface area contributed by atoms with Gasteiger partial charge in [-0.25, -0.2) is 8.42 Å². The Bertz CT molecular complexity index is 369. The van der Waals surface area contributed by atoms with E-state index in [0.29, 0.717) is 6.04 Å². The molecule has 2 saturated heterocycles. The van der Waals surface area contributed by atoms with Crippen LogP contribution in [-0.4, -0.2) is 73.1 Å². The van der Waals surface area contributed by atoms with Crippen LogP contribution >= 0.6 is 23.5 Å². The molecule has 2 atom stereocenters. The average molecular weight is 325 g/mol. The maximum atomic E-state index is 12.1. The van der Waals surface area contributed by atoms with Gasteiger partial charge in [-0.2, -0.15) is 23.5 Å². The topological polar surface area (TPSA) is 49.4 Å². The fourth-order valence-electron chi connectivity index (χ4n) is 2.52. The van der Waals surface area contributed by atoms with Gasteiger partial charge in [-0.3, -0.25) is 4.90 Å². The molecule has 0 aliphatic carbocycles. The third-order valence-electron chi connectivity index (χ3n) is 3.77. The third-order valence-corrected chi connectivity index (χ3v) is 8.23. The van der Waals surface area contributed by atoms with E-state index in [1.54, 1.807) is 18.7 Å². The predicted octanol–water partition coefficient (Wildman–Crippen LogP) is 0.891. The molecule has 0 aromatic carbocycles. The van der Waals surface area contributed by atoms with E-state index in [9.17, 15) is 8.42 Å². The fraction of sp³-hybridized carbons (Fsp3) is 1.00. The highest BCUT2D eigenvalue weighted by molar-refractivity contribution is 8.01. The zero-order valence-electron chi connectivity index (χ0n) is 11.5. The first kappa shape index (κ1) is 15.9. The number of hydrogen-bond donors (Lipinski definition) is 1. The molecule has 2 heterocycles. The van der Waals surface area contributed by atoms with E-state index >= 15 is 0 Å². The van der Waals surface area contributed by atoms with Crippen molar-refractivity contribution >= 4 is 33.4 Å². The molecule has 2 aliphatic rings. The summed E-state index contributed by atoms with van der Waals surface area (Å²) < 4.78 is 24.3. The van der Waals surface area contributed by atoms with Gasteiger partial charge < -0.3 is 5.32 Å². The summed E-state index contributed by atoms with van der Waals surface area (Å²) in [6, 6.07) is 0.554. The lowest BCUT2D eigenvalue weighted by molar-refractivity contribution is 0.256. The summed E-state index contributed by atoms with van der Waals surface area (Å²) >= 11 is 3.77. The van der Waals surface area contributed by atoms with Crippen LogP contribution in [0.15, 0.2) is 0 Å². The lowest BCUT2D eigenvalue weighted by Gasteiger charge is -2.36. The second-order valence-electron chi connectivity index (χ2n) is 5.03. The summed E-state index contributed by atoms with van der Waals surface area (Å²) in [6.45, 7) is 4.66. The number of nitrogens with zero attached hydrogens (tertiary/aromatic N) is 1. The average Bonchev–Trinajstić information content (AvgIpc) is 2.46. The predicted molar refractivity (Wildman–Crippen MR) is 85.9 cm³/mol. The van der Waals surface area contributed by atoms with Gasteiger partial charge in [-0.15, -0.1) is 0 Å². The number of hydrogen-bond acceptors (Lipinski definition) is 6. The van der Waals surface area contributed by atoms with Crippen LogP contribution in [0.2, 0.25) is 0 Å². The van der Waals surface area contributed by atoms with Crippen LogP contribution in [0.25, 0.3) is 0 Å². The van der Waals surface area contributed by atoms with Crippen LogP contribution in [0.3, 0.4) is 0 Å². The maximum absolute atomic E-state index is 12.1. The molecule has 0 radical (unpaired) electrons. The molecular formula is C12H24N2O2S3. The van der Waals surface area contributed by atoms with E-state index in [-0.39, 0.29) is 11.1 Å². The minimum atomic E-state index is -2.94. The van der Waals surface area contributed by atoms with E-state index < -0.39 is 9.84 Å². The highest BCUT2D eigenvalue weighted by Gasteiger charge is 2.32. The van der Waals surface area contributed by atoms with E-state index in [0.717, 1.165) is 43.3 Å². The largest absolute Gasteiger partial charge is 0.312 e. The van der Waals surface area contributed by atoms with E-state index in [2.05, 4.69) is 10.2 Å². The Labute approximate surface area is 125 Å². The number of thioether (sulfide) groups is 2. The smallest absolute Gasteiger partial charge is 0.166 e. The van der Waals surface area contributed by atoms with Gasteiger partial charge in [0.25, 0.3) is 0 Å². The van der Waals surface area contributed by atoms with Crippen molar-refractivity contribution in [3.63, 3.8) is 0 Å². The summed E-state index contributed by atoms with van der Waals surface area (Å²) in [5, 5.41) is 3.27. The van der Waals surface area contributed by atoms with Crippen LogP contribution in [0, 0.1) is 0 Å². The second-order valence-corrected chi connectivity index (χ2v) is 9.78. The first-order chi connectivity index (χ1) is 9.13. The standard InChI is InChI=1S/C12H24N2O2S3/c1-2-19(15,16)12-10-18-8-6-14(12)5-3-11-9-17-7-4-13-11/h11-13H,2-10H2,1H3. The lowest BCUT2D eigenvalue weighted by atomic mass is 10.2. The van der Waals surface area contributed by atoms with Gasteiger partial charge in [0.1, 0.15) is 5.37 Å². The monoisotopic (exact) mass is 324 g/mol. The van der Waals surface area contributed by atoms with E-state index in [1.807, 2.05) is 11.8 Å². The summed E-state index contributed by atoms with van der Waals surface area (Å²) in [5.41, 5.74) is 0. The summed E-state index contributed by atoms with van der Waals surface area (Å²) in [7, 11) is -2.94. The van der Waals surface area contributed by atoms with Gasteiger partial charge in [0.15, 0.2) is 9.84 Å². The van der Waals surface area contributed by atoms with Crippen molar-refractivity contribution in [2.24, 2.45) is 0 Å². The fourth-order valence-corrected chi connectivity index (χ4v) is 6.63. The molecule has 2 unspecified atom stereocenters.